The van der Waals surface area contributed by atoms with Gasteiger partial charge in [-0.3, -0.25) is 0 Å². The first-order valence-electron chi connectivity index (χ1n) is 8.46. The van der Waals surface area contributed by atoms with Gasteiger partial charge in [0.15, 0.2) is 0 Å². The molecule has 0 spiro atoms. The molecule has 0 aromatic heterocycles. The summed E-state index contributed by atoms with van der Waals surface area (Å²) in [5.41, 5.74) is 4.13. The summed E-state index contributed by atoms with van der Waals surface area (Å²) in [7, 11) is 0. The van der Waals surface area contributed by atoms with Crippen molar-refractivity contribution in [2.75, 3.05) is 18.0 Å². The summed E-state index contributed by atoms with van der Waals surface area (Å²) in [4.78, 5) is 2.49. The first-order chi connectivity index (χ1) is 10.2. The van der Waals surface area contributed by atoms with Crippen LogP contribution in [0.3, 0.4) is 0 Å². The van der Waals surface area contributed by atoms with E-state index in [1.54, 1.807) is 0 Å². The zero-order valence-electron chi connectivity index (χ0n) is 12.9. The normalized spacial score (nSPS) is 31.7. The molecule has 114 valence electrons. The Labute approximate surface area is 127 Å². The van der Waals surface area contributed by atoms with Crippen LogP contribution in [0.1, 0.15) is 36.8 Å². The molecule has 0 radical (unpaired) electrons. The molecule has 2 aliphatic carbocycles. The van der Waals surface area contributed by atoms with Gasteiger partial charge in [0.1, 0.15) is 0 Å². The van der Waals surface area contributed by atoms with Crippen LogP contribution in [0.5, 0.6) is 0 Å². The van der Waals surface area contributed by atoms with Gasteiger partial charge in [0.25, 0.3) is 0 Å². The molecule has 3 heteroatoms. The van der Waals surface area contributed by atoms with Crippen LogP contribution in [0.25, 0.3) is 0 Å². The van der Waals surface area contributed by atoms with Gasteiger partial charge in [0.2, 0.25) is 0 Å². The van der Waals surface area contributed by atoms with Gasteiger partial charge in [-0.25, -0.2) is 0 Å². The number of aryl methyl sites for hydroxylation is 1. The molecule has 2 N–H and O–H groups in total. The van der Waals surface area contributed by atoms with Crippen LogP contribution >= 0.6 is 0 Å². The zero-order chi connectivity index (χ0) is 14.4. The summed E-state index contributed by atoms with van der Waals surface area (Å²) >= 11 is 0. The lowest BCUT2D eigenvalue weighted by atomic mass is 10.00. The zero-order valence-corrected chi connectivity index (χ0v) is 12.9. The van der Waals surface area contributed by atoms with Crippen molar-refractivity contribution in [1.29, 1.82) is 0 Å². The van der Waals surface area contributed by atoms with Crippen LogP contribution < -0.4 is 10.2 Å². The number of rotatable bonds is 4. The van der Waals surface area contributed by atoms with E-state index in [-0.39, 0.29) is 6.10 Å². The van der Waals surface area contributed by atoms with Gasteiger partial charge in [-0.1, -0.05) is 12.1 Å². The Morgan fingerprint density at radius 2 is 2.05 bits per heavy atom. The highest BCUT2D eigenvalue weighted by molar-refractivity contribution is 5.55. The highest BCUT2D eigenvalue weighted by Crippen LogP contribution is 2.40. The smallest absolute Gasteiger partial charge is 0.0588 e. The summed E-state index contributed by atoms with van der Waals surface area (Å²) in [6, 6.07) is 7.65. The molecule has 4 rings (SSSR count). The van der Waals surface area contributed by atoms with Crippen molar-refractivity contribution < 1.29 is 5.11 Å². The highest BCUT2D eigenvalue weighted by Gasteiger charge is 2.42. The van der Waals surface area contributed by atoms with Crippen LogP contribution in [0, 0.1) is 18.8 Å². The molecule has 2 saturated carbocycles. The van der Waals surface area contributed by atoms with E-state index in [4.69, 9.17) is 0 Å². The molecule has 0 bridgehead atoms. The average molecular weight is 286 g/mol. The Morgan fingerprint density at radius 1 is 1.19 bits per heavy atom. The number of aliphatic hydroxyl groups is 1. The number of nitrogens with one attached hydrogen (secondary N) is 1. The largest absolute Gasteiger partial charge is 0.393 e. The van der Waals surface area contributed by atoms with E-state index in [2.05, 4.69) is 35.3 Å². The van der Waals surface area contributed by atoms with Crippen molar-refractivity contribution in [3.63, 3.8) is 0 Å². The van der Waals surface area contributed by atoms with E-state index < -0.39 is 0 Å². The van der Waals surface area contributed by atoms with Crippen molar-refractivity contribution >= 4 is 5.69 Å². The van der Waals surface area contributed by atoms with E-state index in [0.717, 1.165) is 32.1 Å². The molecular weight excluding hydrogens is 260 g/mol. The lowest BCUT2D eigenvalue weighted by Gasteiger charge is -2.23. The molecule has 3 atom stereocenters. The molecule has 21 heavy (non-hydrogen) atoms. The van der Waals surface area contributed by atoms with Crippen molar-refractivity contribution in [1.82, 2.24) is 5.32 Å². The maximum Gasteiger partial charge on any atom is 0.0588 e. The maximum atomic E-state index is 10.1. The SMILES string of the molecule is Cc1cc(CNC2CC2)ccc1N1CC2CCC(O)C2C1. The standard InChI is InChI=1S/C18H26N2O/c1-12-8-13(9-19-15-4-5-15)2-6-17(12)20-10-14-3-7-18(21)16(14)11-20/h2,6,8,14-16,18-19,21H,3-5,7,9-11H2,1H3. The van der Waals surface area contributed by atoms with Gasteiger partial charge in [-0.05, 0) is 55.7 Å². The molecular formula is C18H26N2O. The van der Waals surface area contributed by atoms with E-state index in [9.17, 15) is 5.11 Å². The van der Waals surface area contributed by atoms with Crippen molar-refractivity contribution in [2.24, 2.45) is 11.8 Å². The highest BCUT2D eigenvalue weighted by atomic mass is 16.3. The van der Waals surface area contributed by atoms with Crippen LogP contribution in [0.2, 0.25) is 0 Å². The summed E-state index contributed by atoms with van der Waals surface area (Å²) in [5, 5.41) is 13.7. The van der Waals surface area contributed by atoms with Crippen LogP contribution in [0.15, 0.2) is 18.2 Å². The Kier molecular flexibility index (Phi) is 3.43. The first-order valence-corrected chi connectivity index (χ1v) is 8.46. The number of benzene rings is 1. The maximum absolute atomic E-state index is 10.1. The van der Waals surface area contributed by atoms with E-state index >= 15 is 0 Å². The Hall–Kier alpha value is -1.06. The van der Waals surface area contributed by atoms with Gasteiger partial charge in [-0.2, -0.15) is 0 Å². The molecule has 1 saturated heterocycles. The Balaban J connectivity index is 1.45. The lowest BCUT2D eigenvalue weighted by molar-refractivity contribution is 0.133. The fraction of sp³-hybridized carbons (Fsp3) is 0.667. The second-order valence-electron chi connectivity index (χ2n) is 7.25. The number of hydrogen-bond donors (Lipinski definition) is 2. The molecule has 0 amide bonds. The third-order valence-electron chi connectivity index (χ3n) is 5.59. The van der Waals surface area contributed by atoms with Gasteiger partial charge in [0, 0.05) is 37.3 Å². The van der Waals surface area contributed by atoms with Crippen molar-refractivity contribution in [2.45, 2.75) is 51.3 Å². The molecule has 3 nitrogen and oxygen atoms in total. The number of aliphatic hydroxyl groups excluding tert-OH is 1. The summed E-state index contributed by atoms with van der Waals surface area (Å²) in [6.45, 7) is 5.38. The lowest BCUT2D eigenvalue weighted by Crippen LogP contribution is -2.25. The second kappa shape index (κ2) is 5.29. The molecule has 1 aromatic rings. The van der Waals surface area contributed by atoms with Crippen molar-refractivity contribution in [3.05, 3.63) is 29.3 Å². The molecule has 1 heterocycles. The summed E-state index contributed by atoms with van der Waals surface area (Å²) in [5.74, 6) is 1.20. The van der Waals surface area contributed by atoms with Crippen LogP contribution in [0.4, 0.5) is 5.69 Å². The number of anilines is 1. The minimum atomic E-state index is -0.0673. The first kappa shape index (κ1) is 13.6. The average Bonchev–Trinajstić information content (AvgIpc) is 3.11. The molecule has 3 fully saturated rings. The van der Waals surface area contributed by atoms with E-state index in [0.29, 0.717) is 11.8 Å². The predicted octanol–water partition coefficient (Wildman–Crippen LogP) is 2.45. The second-order valence-corrected chi connectivity index (χ2v) is 7.25. The Bertz CT molecular complexity index is 526. The van der Waals surface area contributed by atoms with E-state index in [1.807, 2.05) is 0 Å². The number of fused-ring (bicyclic) bond motifs is 1. The molecule has 3 aliphatic rings. The van der Waals surface area contributed by atoms with Gasteiger partial charge < -0.3 is 15.3 Å². The molecule has 1 aliphatic heterocycles. The van der Waals surface area contributed by atoms with Crippen LogP contribution in [-0.4, -0.2) is 30.3 Å². The predicted molar refractivity (Wildman–Crippen MR) is 85.5 cm³/mol. The molecule has 3 unspecified atom stereocenters. The van der Waals surface area contributed by atoms with Crippen molar-refractivity contribution in [3.8, 4) is 0 Å². The number of hydrogen-bond acceptors (Lipinski definition) is 3. The third kappa shape index (κ3) is 2.69. The fourth-order valence-electron chi connectivity index (χ4n) is 4.17. The summed E-state index contributed by atoms with van der Waals surface area (Å²) < 4.78 is 0. The molecule has 1 aromatic carbocycles. The summed E-state index contributed by atoms with van der Waals surface area (Å²) in [6.07, 6.45) is 4.83. The quantitative estimate of drug-likeness (QED) is 0.892. The minimum Gasteiger partial charge on any atom is -0.393 e. The Morgan fingerprint density at radius 3 is 2.76 bits per heavy atom. The minimum absolute atomic E-state index is 0.0673. The topological polar surface area (TPSA) is 35.5 Å². The van der Waals surface area contributed by atoms with Gasteiger partial charge >= 0.3 is 0 Å². The van der Waals surface area contributed by atoms with Gasteiger partial charge in [-0.15, -0.1) is 0 Å². The van der Waals surface area contributed by atoms with Crippen LogP contribution in [-0.2, 0) is 6.54 Å². The third-order valence-corrected chi connectivity index (χ3v) is 5.59. The van der Waals surface area contributed by atoms with Gasteiger partial charge in [0.05, 0.1) is 6.10 Å². The van der Waals surface area contributed by atoms with E-state index in [1.165, 1.54) is 36.1 Å². The monoisotopic (exact) mass is 286 g/mol. The number of nitrogens with zero attached hydrogens (tertiary/aromatic N) is 1. The fourth-order valence-corrected chi connectivity index (χ4v) is 4.17.